The second kappa shape index (κ2) is 5.65. The minimum Gasteiger partial charge on any atom is -0.481 e. The normalized spacial score (nSPS) is 16.6. The van der Waals surface area contributed by atoms with E-state index in [1.165, 1.54) is 12.0 Å². The molecule has 0 saturated heterocycles. The van der Waals surface area contributed by atoms with Crippen LogP contribution in [0.15, 0.2) is 40.8 Å². The van der Waals surface area contributed by atoms with E-state index in [2.05, 4.69) is 0 Å². The van der Waals surface area contributed by atoms with Crippen LogP contribution in [-0.4, -0.2) is 30.6 Å². The molecule has 114 valence electrons. The highest BCUT2D eigenvalue weighted by atomic mass is 16.5. The Balaban J connectivity index is 1.91. The van der Waals surface area contributed by atoms with Gasteiger partial charge in [0.15, 0.2) is 5.76 Å². The summed E-state index contributed by atoms with van der Waals surface area (Å²) in [4.78, 5) is 25.4. The molecule has 3 rings (SSSR count). The predicted molar refractivity (Wildman–Crippen MR) is 77.9 cm³/mol. The number of benzene rings is 1. The van der Waals surface area contributed by atoms with Crippen LogP contribution < -0.4 is 4.90 Å². The molecule has 1 amide bonds. The van der Waals surface area contributed by atoms with Gasteiger partial charge in [-0.2, -0.15) is 0 Å². The quantitative estimate of drug-likeness (QED) is 0.937. The molecule has 2 heterocycles. The van der Waals surface area contributed by atoms with Crippen LogP contribution in [0.25, 0.3) is 0 Å². The van der Waals surface area contributed by atoms with E-state index < -0.39 is 11.9 Å². The average molecular weight is 301 g/mol. The van der Waals surface area contributed by atoms with Crippen molar-refractivity contribution in [3.8, 4) is 0 Å². The fourth-order valence-electron chi connectivity index (χ4n) is 2.66. The summed E-state index contributed by atoms with van der Waals surface area (Å²) in [6.07, 6.45) is 0. The number of rotatable bonds is 4. The fraction of sp³-hybridized carbons (Fsp3) is 0.250. The number of carbonyl (C=O) groups excluding carboxylic acids is 1. The van der Waals surface area contributed by atoms with Gasteiger partial charge in [0.25, 0.3) is 5.91 Å². The summed E-state index contributed by atoms with van der Waals surface area (Å²) in [6.45, 7) is 0.384. The third-order valence-electron chi connectivity index (χ3n) is 3.67. The zero-order valence-corrected chi connectivity index (χ0v) is 12.0. The van der Waals surface area contributed by atoms with Crippen molar-refractivity contribution in [3.63, 3.8) is 0 Å². The number of carbonyl (C=O) groups is 2. The largest absolute Gasteiger partial charge is 0.481 e. The first-order chi connectivity index (χ1) is 10.6. The molecule has 22 heavy (non-hydrogen) atoms. The molecular weight excluding hydrogens is 286 g/mol. The summed E-state index contributed by atoms with van der Waals surface area (Å²) in [5, 5.41) is 9.33. The molecule has 1 aliphatic rings. The van der Waals surface area contributed by atoms with Crippen molar-refractivity contribution in [2.24, 2.45) is 0 Å². The number of fused-ring (bicyclic) bond motifs is 1. The van der Waals surface area contributed by atoms with Crippen LogP contribution in [0.5, 0.6) is 0 Å². The monoisotopic (exact) mass is 301 g/mol. The van der Waals surface area contributed by atoms with Gasteiger partial charge in [-0.1, -0.05) is 18.2 Å². The first-order valence-electron chi connectivity index (χ1n) is 6.83. The lowest BCUT2D eigenvalue weighted by atomic mass is 10.0. The molecule has 1 aromatic carbocycles. The van der Waals surface area contributed by atoms with Gasteiger partial charge in [-0.25, -0.2) is 0 Å². The van der Waals surface area contributed by atoms with E-state index >= 15 is 0 Å². The van der Waals surface area contributed by atoms with Gasteiger partial charge >= 0.3 is 5.97 Å². The molecule has 0 radical (unpaired) electrons. The highest BCUT2D eigenvalue weighted by Crippen LogP contribution is 2.37. The van der Waals surface area contributed by atoms with E-state index in [0.717, 1.165) is 0 Å². The highest BCUT2D eigenvalue weighted by Gasteiger charge is 2.37. The molecule has 2 aromatic rings. The van der Waals surface area contributed by atoms with Crippen molar-refractivity contribution in [2.45, 2.75) is 12.5 Å². The van der Waals surface area contributed by atoms with Gasteiger partial charge in [-0.15, -0.1) is 0 Å². The molecule has 0 aliphatic carbocycles. The molecular formula is C16H15NO5. The Kier molecular flexibility index (Phi) is 3.68. The minimum atomic E-state index is -0.942. The molecule has 1 unspecified atom stereocenters. The zero-order chi connectivity index (χ0) is 15.7. The lowest BCUT2D eigenvalue weighted by Gasteiger charge is -2.15. The van der Waals surface area contributed by atoms with Gasteiger partial charge in [0, 0.05) is 19.3 Å². The van der Waals surface area contributed by atoms with E-state index in [1.807, 2.05) is 0 Å². The van der Waals surface area contributed by atoms with E-state index in [4.69, 9.17) is 9.15 Å². The molecule has 1 atom stereocenters. The number of furan rings is 1. The van der Waals surface area contributed by atoms with Crippen molar-refractivity contribution in [1.29, 1.82) is 0 Å². The van der Waals surface area contributed by atoms with Crippen molar-refractivity contribution in [1.82, 2.24) is 0 Å². The van der Waals surface area contributed by atoms with Gasteiger partial charge in [0.05, 0.1) is 0 Å². The third-order valence-corrected chi connectivity index (χ3v) is 3.67. The lowest BCUT2D eigenvalue weighted by Crippen LogP contribution is -2.30. The minimum absolute atomic E-state index is 0.105. The van der Waals surface area contributed by atoms with Crippen molar-refractivity contribution in [3.05, 3.63) is 53.5 Å². The van der Waals surface area contributed by atoms with Crippen LogP contribution in [0.1, 0.15) is 27.8 Å². The summed E-state index contributed by atoms with van der Waals surface area (Å²) < 4.78 is 10.4. The van der Waals surface area contributed by atoms with Gasteiger partial charge in [-0.3, -0.25) is 9.59 Å². The number of ether oxygens (including phenoxy) is 1. The van der Waals surface area contributed by atoms with E-state index in [9.17, 15) is 14.7 Å². The van der Waals surface area contributed by atoms with E-state index in [1.54, 1.807) is 36.4 Å². The maximum Gasteiger partial charge on any atom is 0.312 e. The Morgan fingerprint density at radius 3 is 2.82 bits per heavy atom. The molecule has 1 aromatic heterocycles. The lowest BCUT2D eigenvalue weighted by molar-refractivity contribution is -0.138. The number of amides is 1. The summed E-state index contributed by atoms with van der Waals surface area (Å²) in [5.41, 5.74) is 1.26. The molecule has 1 aliphatic heterocycles. The average Bonchev–Trinajstić information content (AvgIpc) is 3.11. The summed E-state index contributed by atoms with van der Waals surface area (Å²) in [6, 6.07) is 10.3. The van der Waals surface area contributed by atoms with Crippen LogP contribution in [0.2, 0.25) is 0 Å². The molecule has 0 spiro atoms. The number of para-hydroxylation sites is 1. The highest BCUT2D eigenvalue weighted by molar-refractivity contribution is 6.07. The second-order valence-electron chi connectivity index (χ2n) is 5.06. The summed E-state index contributed by atoms with van der Waals surface area (Å²) in [5.74, 6) is -1.28. The van der Waals surface area contributed by atoms with Crippen molar-refractivity contribution < 1.29 is 23.8 Å². The van der Waals surface area contributed by atoms with Crippen LogP contribution in [0.4, 0.5) is 5.69 Å². The predicted octanol–water partition coefficient (Wildman–Crippen LogP) is 2.25. The maximum atomic E-state index is 12.6. The second-order valence-corrected chi connectivity index (χ2v) is 5.06. The first-order valence-corrected chi connectivity index (χ1v) is 6.83. The van der Waals surface area contributed by atoms with Crippen LogP contribution >= 0.6 is 0 Å². The Hall–Kier alpha value is -2.60. The topological polar surface area (TPSA) is 80.0 Å². The van der Waals surface area contributed by atoms with Crippen LogP contribution in [-0.2, 0) is 16.1 Å². The van der Waals surface area contributed by atoms with Crippen molar-refractivity contribution in [2.75, 3.05) is 18.6 Å². The zero-order valence-electron chi connectivity index (χ0n) is 12.0. The van der Waals surface area contributed by atoms with Gasteiger partial charge in [-0.05, 0) is 23.8 Å². The van der Waals surface area contributed by atoms with Gasteiger partial charge in [0.1, 0.15) is 18.3 Å². The van der Waals surface area contributed by atoms with E-state index in [0.29, 0.717) is 17.0 Å². The number of aliphatic carboxylic acids is 1. The third kappa shape index (κ3) is 2.37. The number of hydrogen-bond acceptors (Lipinski definition) is 4. The number of nitrogens with zero attached hydrogens (tertiary/aromatic N) is 1. The Morgan fingerprint density at radius 1 is 1.32 bits per heavy atom. The number of carboxylic acid groups (broad SMARTS) is 1. The molecule has 1 N–H and O–H groups in total. The SMILES string of the molecule is COCc1ccc(C(=O)N2CC(C(=O)O)c3ccccc32)o1. The molecule has 0 bridgehead atoms. The molecule has 6 nitrogen and oxygen atoms in total. The summed E-state index contributed by atoms with van der Waals surface area (Å²) in [7, 11) is 1.54. The van der Waals surface area contributed by atoms with Crippen LogP contribution in [0.3, 0.4) is 0 Å². The molecule has 0 fully saturated rings. The van der Waals surface area contributed by atoms with Crippen LogP contribution in [0, 0.1) is 0 Å². The Labute approximate surface area is 126 Å². The number of carboxylic acids is 1. The molecule has 6 heteroatoms. The number of hydrogen-bond donors (Lipinski definition) is 1. The van der Waals surface area contributed by atoms with E-state index in [-0.39, 0.29) is 24.8 Å². The number of methoxy groups -OCH3 is 1. The summed E-state index contributed by atoms with van der Waals surface area (Å²) >= 11 is 0. The van der Waals surface area contributed by atoms with Crippen molar-refractivity contribution >= 4 is 17.6 Å². The smallest absolute Gasteiger partial charge is 0.312 e. The molecule has 0 saturated carbocycles. The number of anilines is 1. The maximum absolute atomic E-state index is 12.6. The van der Waals surface area contributed by atoms with Gasteiger partial charge < -0.3 is 19.2 Å². The Morgan fingerprint density at radius 2 is 2.09 bits per heavy atom. The Bertz CT molecular complexity index is 721. The standard InChI is InChI=1S/C16H15NO5/c1-21-9-10-6-7-14(22-10)15(18)17-8-12(16(19)20)11-4-2-3-5-13(11)17/h2-7,12H,8-9H2,1H3,(H,19,20). The fourth-order valence-corrected chi connectivity index (χ4v) is 2.66. The first kappa shape index (κ1) is 14.3. The van der Waals surface area contributed by atoms with Gasteiger partial charge in [0.2, 0.25) is 0 Å².